The van der Waals surface area contributed by atoms with Crippen LogP contribution in [0.3, 0.4) is 0 Å². The lowest BCUT2D eigenvalue weighted by molar-refractivity contribution is -0.137. The fraction of sp³-hybridized carbons (Fsp3) is 0.0714. The molecule has 0 bridgehead atoms. The van der Waals surface area contributed by atoms with Crippen LogP contribution < -0.4 is 0 Å². The molecule has 0 aliphatic carbocycles. The zero-order chi connectivity index (χ0) is 13.1. The van der Waals surface area contributed by atoms with Crippen LogP contribution in [0.5, 0.6) is 0 Å². The zero-order valence-corrected chi connectivity index (χ0v) is 12.5. The van der Waals surface area contributed by atoms with Gasteiger partial charge in [-0.25, -0.2) is 0 Å². The van der Waals surface area contributed by atoms with E-state index in [2.05, 4.69) is 31.9 Å². The van der Waals surface area contributed by atoms with Crippen LogP contribution in [0, 0.1) is 0 Å². The van der Waals surface area contributed by atoms with E-state index in [4.69, 9.17) is 0 Å². The number of carbonyl (C=O) groups is 1. The summed E-state index contributed by atoms with van der Waals surface area (Å²) >= 11 is 6.73. The SMILES string of the molecule is O=C(O)C(c1cccc(Br)c1)c1cccc(Br)c1. The number of rotatable bonds is 3. The number of aliphatic carboxylic acids is 1. The van der Waals surface area contributed by atoms with E-state index in [1.54, 1.807) is 0 Å². The quantitative estimate of drug-likeness (QED) is 0.868. The molecular weight excluding hydrogens is 360 g/mol. The van der Waals surface area contributed by atoms with E-state index >= 15 is 0 Å². The van der Waals surface area contributed by atoms with Crippen molar-refractivity contribution < 1.29 is 9.90 Å². The van der Waals surface area contributed by atoms with Crippen LogP contribution >= 0.6 is 31.9 Å². The molecule has 0 aromatic heterocycles. The first-order valence-electron chi connectivity index (χ1n) is 5.31. The minimum atomic E-state index is -0.855. The van der Waals surface area contributed by atoms with Crippen LogP contribution in [0.15, 0.2) is 57.5 Å². The molecule has 2 aromatic rings. The van der Waals surface area contributed by atoms with Crippen molar-refractivity contribution in [2.24, 2.45) is 0 Å². The largest absolute Gasteiger partial charge is 0.481 e. The Morgan fingerprint density at radius 1 is 0.944 bits per heavy atom. The molecule has 2 nitrogen and oxygen atoms in total. The van der Waals surface area contributed by atoms with Crippen LogP contribution in [-0.4, -0.2) is 11.1 Å². The third kappa shape index (κ3) is 3.00. The van der Waals surface area contributed by atoms with Crippen molar-refractivity contribution in [1.29, 1.82) is 0 Å². The lowest BCUT2D eigenvalue weighted by Gasteiger charge is -2.14. The first-order valence-corrected chi connectivity index (χ1v) is 6.90. The van der Waals surface area contributed by atoms with Gasteiger partial charge < -0.3 is 5.11 Å². The van der Waals surface area contributed by atoms with E-state index < -0.39 is 11.9 Å². The second-order valence-corrected chi connectivity index (χ2v) is 5.71. The number of carboxylic acid groups (broad SMARTS) is 1. The number of halogens is 2. The lowest BCUT2D eigenvalue weighted by atomic mass is 9.91. The van der Waals surface area contributed by atoms with Gasteiger partial charge in [-0.15, -0.1) is 0 Å². The molecule has 0 heterocycles. The van der Waals surface area contributed by atoms with Crippen LogP contribution in [0.4, 0.5) is 0 Å². The highest BCUT2D eigenvalue weighted by Gasteiger charge is 2.22. The highest BCUT2D eigenvalue weighted by atomic mass is 79.9. The smallest absolute Gasteiger partial charge is 0.315 e. The average molecular weight is 370 g/mol. The summed E-state index contributed by atoms with van der Waals surface area (Å²) in [5.41, 5.74) is 1.52. The van der Waals surface area contributed by atoms with Gasteiger partial charge >= 0.3 is 5.97 Å². The molecule has 0 amide bonds. The number of hydrogen-bond donors (Lipinski definition) is 1. The molecule has 0 unspecified atom stereocenters. The standard InChI is InChI=1S/C14H10Br2O2/c15-11-5-1-3-9(7-11)13(14(17)18)10-4-2-6-12(16)8-10/h1-8,13H,(H,17,18). The normalized spacial score (nSPS) is 10.6. The second kappa shape index (κ2) is 5.67. The Labute approximate surface area is 122 Å². The minimum Gasteiger partial charge on any atom is -0.481 e. The number of carboxylic acids is 1. The molecule has 0 saturated carbocycles. The fourth-order valence-corrected chi connectivity index (χ4v) is 2.68. The summed E-state index contributed by atoms with van der Waals surface area (Å²) in [5.74, 6) is -1.51. The predicted octanol–water partition coefficient (Wildman–Crippen LogP) is 4.43. The van der Waals surface area contributed by atoms with Crippen LogP contribution in [0.2, 0.25) is 0 Å². The Balaban J connectivity index is 2.50. The van der Waals surface area contributed by atoms with E-state index in [0.29, 0.717) is 0 Å². The summed E-state index contributed by atoms with van der Waals surface area (Å²) < 4.78 is 1.75. The zero-order valence-electron chi connectivity index (χ0n) is 9.31. The topological polar surface area (TPSA) is 37.3 Å². The van der Waals surface area contributed by atoms with Crippen LogP contribution in [-0.2, 0) is 4.79 Å². The first-order chi connectivity index (χ1) is 8.58. The third-order valence-electron chi connectivity index (χ3n) is 2.61. The van der Waals surface area contributed by atoms with E-state index in [1.807, 2.05) is 48.5 Å². The van der Waals surface area contributed by atoms with Crippen LogP contribution in [0.1, 0.15) is 17.0 Å². The number of hydrogen-bond acceptors (Lipinski definition) is 1. The van der Waals surface area contributed by atoms with Gasteiger partial charge in [0.15, 0.2) is 0 Å². The van der Waals surface area contributed by atoms with Gasteiger partial charge in [-0.2, -0.15) is 0 Å². The molecule has 92 valence electrons. The maximum Gasteiger partial charge on any atom is 0.315 e. The van der Waals surface area contributed by atoms with Crippen molar-refractivity contribution in [2.45, 2.75) is 5.92 Å². The summed E-state index contributed by atoms with van der Waals surface area (Å²) in [6.07, 6.45) is 0. The molecular formula is C14H10Br2O2. The molecule has 0 saturated heterocycles. The minimum absolute atomic E-state index is 0.653. The summed E-state index contributed by atoms with van der Waals surface area (Å²) in [5, 5.41) is 9.43. The van der Waals surface area contributed by atoms with Crippen molar-refractivity contribution in [2.75, 3.05) is 0 Å². The van der Waals surface area contributed by atoms with Gasteiger partial charge in [0.2, 0.25) is 0 Å². The Morgan fingerprint density at radius 3 is 1.72 bits per heavy atom. The molecule has 0 aliphatic heterocycles. The highest BCUT2D eigenvalue weighted by Crippen LogP contribution is 2.28. The highest BCUT2D eigenvalue weighted by molar-refractivity contribution is 9.10. The first kappa shape index (κ1) is 13.3. The molecule has 0 spiro atoms. The van der Waals surface area contributed by atoms with E-state index in [-0.39, 0.29) is 0 Å². The monoisotopic (exact) mass is 368 g/mol. The molecule has 18 heavy (non-hydrogen) atoms. The van der Waals surface area contributed by atoms with Gasteiger partial charge in [0.1, 0.15) is 5.92 Å². The fourth-order valence-electron chi connectivity index (χ4n) is 1.85. The number of benzene rings is 2. The summed E-state index contributed by atoms with van der Waals surface area (Å²) in [7, 11) is 0. The lowest BCUT2D eigenvalue weighted by Crippen LogP contribution is -2.13. The molecule has 0 radical (unpaired) electrons. The van der Waals surface area contributed by atoms with Gasteiger partial charge in [0.25, 0.3) is 0 Å². The Kier molecular flexibility index (Phi) is 4.19. The van der Waals surface area contributed by atoms with Gasteiger partial charge in [0, 0.05) is 8.95 Å². The van der Waals surface area contributed by atoms with Gasteiger partial charge in [-0.1, -0.05) is 56.1 Å². The third-order valence-corrected chi connectivity index (χ3v) is 3.60. The summed E-state index contributed by atoms with van der Waals surface area (Å²) in [4.78, 5) is 11.5. The Morgan fingerprint density at radius 2 is 1.39 bits per heavy atom. The molecule has 4 heteroatoms. The molecule has 0 aliphatic rings. The summed E-state index contributed by atoms with van der Waals surface area (Å²) in [6, 6.07) is 14.8. The Bertz CT molecular complexity index is 536. The predicted molar refractivity (Wildman–Crippen MR) is 77.8 cm³/mol. The van der Waals surface area contributed by atoms with Crippen molar-refractivity contribution >= 4 is 37.8 Å². The molecule has 0 fully saturated rings. The van der Waals surface area contributed by atoms with Crippen molar-refractivity contribution in [3.05, 3.63) is 68.6 Å². The van der Waals surface area contributed by atoms with E-state index in [9.17, 15) is 9.90 Å². The maximum absolute atomic E-state index is 11.5. The molecule has 2 rings (SSSR count). The van der Waals surface area contributed by atoms with Gasteiger partial charge in [0.05, 0.1) is 0 Å². The van der Waals surface area contributed by atoms with Gasteiger partial charge in [-0.05, 0) is 35.4 Å². The average Bonchev–Trinajstić information content (AvgIpc) is 2.28. The molecule has 2 aromatic carbocycles. The van der Waals surface area contributed by atoms with Crippen molar-refractivity contribution in [1.82, 2.24) is 0 Å². The molecule has 1 N–H and O–H groups in total. The van der Waals surface area contributed by atoms with Crippen LogP contribution in [0.25, 0.3) is 0 Å². The summed E-state index contributed by atoms with van der Waals surface area (Å²) in [6.45, 7) is 0. The second-order valence-electron chi connectivity index (χ2n) is 3.88. The van der Waals surface area contributed by atoms with Crippen molar-refractivity contribution in [3.8, 4) is 0 Å². The molecule has 0 atom stereocenters. The van der Waals surface area contributed by atoms with E-state index in [1.165, 1.54) is 0 Å². The van der Waals surface area contributed by atoms with E-state index in [0.717, 1.165) is 20.1 Å². The Hall–Kier alpha value is -1.13. The van der Waals surface area contributed by atoms with Gasteiger partial charge in [-0.3, -0.25) is 4.79 Å². The van der Waals surface area contributed by atoms with Crippen molar-refractivity contribution in [3.63, 3.8) is 0 Å². The maximum atomic E-state index is 11.5.